The van der Waals surface area contributed by atoms with Gasteiger partial charge in [0.25, 0.3) is 0 Å². The van der Waals surface area contributed by atoms with Crippen LogP contribution in [0.2, 0.25) is 0 Å². The van der Waals surface area contributed by atoms with Gasteiger partial charge in [-0.05, 0) is 0 Å². The molecule has 0 aromatic heterocycles. The van der Waals surface area contributed by atoms with Gasteiger partial charge in [0.05, 0.1) is 18.9 Å². The number of nitrogens with two attached hydrogens (primary N) is 1. The molecule has 3 nitrogen and oxygen atoms in total. The van der Waals surface area contributed by atoms with Crippen LogP contribution in [0.1, 0.15) is 5.56 Å². The van der Waals surface area contributed by atoms with E-state index in [1.54, 1.807) is 0 Å². The third-order valence-corrected chi connectivity index (χ3v) is 1.48. The average molecular weight is 186 g/mol. The number of benzene rings is 1. The van der Waals surface area contributed by atoms with Crippen LogP contribution in [0.4, 0.5) is 8.78 Å². The Bertz CT molecular complexity index is 339. The van der Waals surface area contributed by atoms with Gasteiger partial charge in [0, 0.05) is 12.1 Å². The first kappa shape index (κ1) is 9.44. The molecule has 2 N–H and O–H groups in total. The van der Waals surface area contributed by atoms with E-state index >= 15 is 0 Å². The average Bonchev–Trinajstić information content (AvgIpc) is 2.09. The number of halogens is 2. The number of hydrazone groups is 1. The normalized spacial score (nSPS) is 10.7. The molecular weight excluding hydrogens is 178 g/mol. The molecular formula is C8H8F2N2O. The van der Waals surface area contributed by atoms with E-state index in [0.29, 0.717) is 0 Å². The lowest BCUT2D eigenvalue weighted by Gasteiger charge is -2.04. The summed E-state index contributed by atoms with van der Waals surface area (Å²) in [6.07, 6.45) is 1.06. The van der Waals surface area contributed by atoms with Crippen LogP contribution in [-0.2, 0) is 0 Å². The van der Waals surface area contributed by atoms with Gasteiger partial charge in [-0.25, -0.2) is 8.78 Å². The van der Waals surface area contributed by atoms with Gasteiger partial charge in [-0.2, -0.15) is 5.10 Å². The molecule has 0 saturated heterocycles. The number of ether oxygens (including phenoxy) is 1. The van der Waals surface area contributed by atoms with E-state index in [-0.39, 0.29) is 11.3 Å². The highest BCUT2D eigenvalue weighted by Gasteiger charge is 2.09. The molecule has 0 amide bonds. The first-order valence-corrected chi connectivity index (χ1v) is 3.45. The lowest BCUT2D eigenvalue weighted by Crippen LogP contribution is -1.98. The molecule has 0 heterocycles. The van der Waals surface area contributed by atoms with Crippen LogP contribution >= 0.6 is 0 Å². The molecule has 0 bridgehead atoms. The Kier molecular flexibility index (Phi) is 2.79. The molecule has 0 unspecified atom stereocenters. The van der Waals surface area contributed by atoms with Crippen LogP contribution in [0.5, 0.6) is 5.75 Å². The van der Waals surface area contributed by atoms with E-state index in [9.17, 15) is 8.78 Å². The van der Waals surface area contributed by atoms with Gasteiger partial charge < -0.3 is 10.6 Å². The standard InChI is InChI=1S/C8H8F2N2O/c1-13-8-3-5(9)2-7(10)6(8)4-12-11/h2-4H,11H2,1H3. The largest absolute Gasteiger partial charge is 0.496 e. The van der Waals surface area contributed by atoms with Crippen LogP contribution in [-0.4, -0.2) is 13.3 Å². The van der Waals surface area contributed by atoms with Crippen LogP contribution in [0.3, 0.4) is 0 Å². The molecule has 0 radical (unpaired) electrons. The Balaban J connectivity index is 3.29. The van der Waals surface area contributed by atoms with Gasteiger partial charge in [0.1, 0.15) is 17.4 Å². The third kappa shape index (κ3) is 1.93. The molecule has 13 heavy (non-hydrogen) atoms. The van der Waals surface area contributed by atoms with Gasteiger partial charge in [-0.1, -0.05) is 0 Å². The van der Waals surface area contributed by atoms with Crippen molar-refractivity contribution in [3.05, 3.63) is 29.3 Å². The predicted molar refractivity (Wildman–Crippen MR) is 44.7 cm³/mol. The maximum atomic E-state index is 13.0. The topological polar surface area (TPSA) is 47.6 Å². The van der Waals surface area contributed by atoms with Crippen molar-refractivity contribution in [2.75, 3.05) is 7.11 Å². The summed E-state index contributed by atoms with van der Waals surface area (Å²) < 4.78 is 30.4. The summed E-state index contributed by atoms with van der Waals surface area (Å²) in [5.41, 5.74) is 0.0337. The first-order valence-electron chi connectivity index (χ1n) is 3.45. The van der Waals surface area contributed by atoms with Crippen molar-refractivity contribution < 1.29 is 13.5 Å². The fourth-order valence-electron chi connectivity index (χ4n) is 0.930. The zero-order valence-corrected chi connectivity index (χ0v) is 6.92. The summed E-state index contributed by atoms with van der Waals surface area (Å²) in [4.78, 5) is 0. The minimum absolute atomic E-state index is 0.0337. The number of hydrogen-bond donors (Lipinski definition) is 1. The molecule has 1 aromatic rings. The Morgan fingerprint density at radius 2 is 2.15 bits per heavy atom. The quantitative estimate of drug-likeness (QED) is 0.429. The summed E-state index contributed by atoms with van der Waals surface area (Å²) in [5.74, 6) is 3.44. The van der Waals surface area contributed by atoms with E-state index in [1.165, 1.54) is 7.11 Å². The molecule has 0 aliphatic rings. The summed E-state index contributed by atoms with van der Waals surface area (Å²) in [7, 11) is 1.31. The van der Waals surface area contributed by atoms with Crippen molar-refractivity contribution in [2.45, 2.75) is 0 Å². The monoisotopic (exact) mass is 186 g/mol. The zero-order chi connectivity index (χ0) is 9.84. The second-order valence-corrected chi connectivity index (χ2v) is 2.28. The third-order valence-electron chi connectivity index (χ3n) is 1.48. The fraction of sp³-hybridized carbons (Fsp3) is 0.125. The van der Waals surface area contributed by atoms with E-state index < -0.39 is 11.6 Å². The van der Waals surface area contributed by atoms with E-state index in [1.807, 2.05) is 0 Å². The van der Waals surface area contributed by atoms with Crippen molar-refractivity contribution in [3.8, 4) is 5.75 Å². The van der Waals surface area contributed by atoms with E-state index in [2.05, 4.69) is 5.10 Å². The highest BCUT2D eigenvalue weighted by atomic mass is 19.1. The molecule has 0 aliphatic carbocycles. The summed E-state index contributed by atoms with van der Waals surface area (Å²) >= 11 is 0. The Labute approximate surface area is 73.8 Å². The Morgan fingerprint density at radius 1 is 1.46 bits per heavy atom. The molecule has 5 heteroatoms. The highest BCUT2D eigenvalue weighted by Crippen LogP contribution is 2.21. The van der Waals surface area contributed by atoms with Crippen LogP contribution in [0.15, 0.2) is 17.2 Å². The SMILES string of the molecule is COc1cc(F)cc(F)c1C=NN. The van der Waals surface area contributed by atoms with Crippen molar-refractivity contribution in [1.82, 2.24) is 0 Å². The fourth-order valence-corrected chi connectivity index (χ4v) is 0.930. The predicted octanol–water partition coefficient (Wildman–Crippen LogP) is 1.27. The van der Waals surface area contributed by atoms with Gasteiger partial charge in [0.2, 0.25) is 0 Å². The highest BCUT2D eigenvalue weighted by molar-refractivity contribution is 5.83. The molecule has 1 rings (SSSR count). The number of nitrogens with zero attached hydrogens (tertiary/aromatic N) is 1. The molecule has 70 valence electrons. The second kappa shape index (κ2) is 3.84. The number of methoxy groups -OCH3 is 1. The van der Waals surface area contributed by atoms with E-state index in [4.69, 9.17) is 10.6 Å². The molecule has 1 aromatic carbocycles. The van der Waals surface area contributed by atoms with Crippen LogP contribution in [0, 0.1) is 11.6 Å². The zero-order valence-electron chi connectivity index (χ0n) is 6.92. The van der Waals surface area contributed by atoms with Crippen molar-refractivity contribution >= 4 is 6.21 Å². The second-order valence-electron chi connectivity index (χ2n) is 2.28. The lowest BCUT2D eigenvalue weighted by atomic mass is 10.2. The maximum Gasteiger partial charge on any atom is 0.138 e. The number of rotatable bonds is 2. The van der Waals surface area contributed by atoms with Crippen molar-refractivity contribution in [2.24, 2.45) is 10.9 Å². The lowest BCUT2D eigenvalue weighted by molar-refractivity contribution is 0.406. The number of hydrogen-bond acceptors (Lipinski definition) is 3. The maximum absolute atomic E-state index is 13.0. The van der Waals surface area contributed by atoms with Gasteiger partial charge >= 0.3 is 0 Å². The summed E-state index contributed by atoms with van der Waals surface area (Å²) in [6, 6.07) is 1.79. The molecule has 0 fully saturated rings. The van der Waals surface area contributed by atoms with Crippen LogP contribution < -0.4 is 10.6 Å². The minimum Gasteiger partial charge on any atom is -0.496 e. The van der Waals surface area contributed by atoms with Crippen molar-refractivity contribution in [1.29, 1.82) is 0 Å². The smallest absolute Gasteiger partial charge is 0.138 e. The van der Waals surface area contributed by atoms with Gasteiger partial charge in [-0.3, -0.25) is 0 Å². The molecule has 0 atom stereocenters. The molecule has 0 saturated carbocycles. The minimum atomic E-state index is -0.758. The first-order chi connectivity index (χ1) is 6.19. The Morgan fingerprint density at radius 3 is 2.69 bits per heavy atom. The van der Waals surface area contributed by atoms with E-state index in [0.717, 1.165) is 18.3 Å². The molecule has 0 aliphatic heterocycles. The molecule has 0 spiro atoms. The van der Waals surface area contributed by atoms with Crippen LogP contribution in [0.25, 0.3) is 0 Å². The summed E-state index contributed by atoms with van der Waals surface area (Å²) in [5, 5.41) is 3.14. The van der Waals surface area contributed by atoms with Gasteiger partial charge in [0.15, 0.2) is 0 Å². The Hall–Kier alpha value is -1.65. The van der Waals surface area contributed by atoms with Gasteiger partial charge in [-0.15, -0.1) is 0 Å². The summed E-state index contributed by atoms with van der Waals surface area (Å²) in [6.45, 7) is 0. The van der Waals surface area contributed by atoms with Crippen molar-refractivity contribution in [3.63, 3.8) is 0 Å².